The number of furan rings is 1. The predicted octanol–water partition coefficient (Wildman–Crippen LogP) is 5.74. The number of carboxylic acids is 1. The minimum Gasteiger partial charge on any atom is -0.478 e. The van der Waals surface area contributed by atoms with Gasteiger partial charge in [-0.3, -0.25) is 19.3 Å². The Morgan fingerprint density at radius 3 is 2.56 bits per heavy atom. The number of thioether (sulfide) groups is 1. The molecule has 1 fully saturated rings. The van der Waals surface area contributed by atoms with Gasteiger partial charge >= 0.3 is 5.97 Å². The SMILES string of the molecule is O=C(CN1C(=O)S/C(=C\c2ccc(-c3cc(C(=O)O)ccc3Cl)o2)C1=O)Nc1ccc(Br)cc1. The van der Waals surface area contributed by atoms with Crippen molar-refractivity contribution < 1.29 is 28.7 Å². The van der Waals surface area contributed by atoms with Crippen LogP contribution in [-0.2, 0) is 9.59 Å². The van der Waals surface area contributed by atoms with Gasteiger partial charge in [0, 0.05) is 21.8 Å². The summed E-state index contributed by atoms with van der Waals surface area (Å²) in [7, 11) is 0. The highest BCUT2D eigenvalue weighted by Gasteiger charge is 2.36. The molecule has 3 amide bonds. The van der Waals surface area contributed by atoms with Crippen LogP contribution in [0.15, 0.2) is 68.4 Å². The molecule has 11 heteroatoms. The van der Waals surface area contributed by atoms with Crippen molar-refractivity contribution in [3.8, 4) is 11.3 Å². The number of benzene rings is 2. The molecule has 4 rings (SSSR count). The van der Waals surface area contributed by atoms with Crippen molar-refractivity contribution in [2.75, 3.05) is 11.9 Å². The molecule has 0 spiro atoms. The Bertz CT molecular complexity index is 1350. The number of hydrogen-bond acceptors (Lipinski definition) is 6. The summed E-state index contributed by atoms with van der Waals surface area (Å²) in [5.41, 5.74) is 0.947. The van der Waals surface area contributed by atoms with E-state index < -0.39 is 29.6 Å². The lowest BCUT2D eigenvalue weighted by Crippen LogP contribution is -2.36. The number of aromatic carboxylic acids is 1. The minimum absolute atomic E-state index is 0.0416. The maximum atomic E-state index is 12.7. The second kappa shape index (κ2) is 9.88. The van der Waals surface area contributed by atoms with Gasteiger partial charge in [-0.15, -0.1) is 0 Å². The van der Waals surface area contributed by atoms with Gasteiger partial charge in [0.05, 0.1) is 15.5 Å². The van der Waals surface area contributed by atoms with Crippen molar-refractivity contribution in [2.45, 2.75) is 0 Å². The van der Waals surface area contributed by atoms with Crippen LogP contribution in [0.4, 0.5) is 10.5 Å². The van der Waals surface area contributed by atoms with Crippen LogP contribution in [0.3, 0.4) is 0 Å². The summed E-state index contributed by atoms with van der Waals surface area (Å²) in [5.74, 6) is -1.68. The number of carboxylic acid groups (broad SMARTS) is 1. The zero-order chi connectivity index (χ0) is 24.4. The molecular formula is C23H14BrClN2O6S. The first-order valence-corrected chi connectivity index (χ1v) is 11.6. The molecule has 1 saturated heterocycles. The fourth-order valence-corrected chi connectivity index (χ4v) is 4.36. The number of halogens is 2. The number of carbonyl (C=O) groups excluding carboxylic acids is 3. The van der Waals surface area contributed by atoms with Crippen LogP contribution in [0.25, 0.3) is 17.4 Å². The van der Waals surface area contributed by atoms with E-state index in [0.29, 0.717) is 33.8 Å². The second-order valence-corrected chi connectivity index (χ2v) is 9.34. The number of hydrogen-bond donors (Lipinski definition) is 2. The smallest absolute Gasteiger partial charge is 0.335 e. The summed E-state index contributed by atoms with van der Waals surface area (Å²) < 4.78 is 6.55. The summed E-state index contributed by atoms with van der Waals surface area (Å²) in [5, 5.41) is 11.5. The highest BCUT2D eigenvalue weighted by molar-refractivity contribution is 9.10. The van der Waals surface area contributed by atoms with Gasteiger partial charge in [0.1, 0.15) is 18.1 Å². The van der Waals surface area contributed by atoms with Gasteiger partial charge in [0.15, 0.2) is 0 Å². The van der Waals surface area contributed by atoms with E-state index in [1.807, 2.05) is 0 Å². The number of carbonyl (C=O) groups is 4. The van der Waals surface area contributed by atoms with Crippen LogP contribution in [0.2, 0.25) is 5.02 Å². The van der Waals surface area contributed by atoms with Crippen molar-refractivity contribution >= 4 is 74.1 Å². The molecule has 2 N–H and O–H groups in total. The van der Waals surface area contributed by atoms with E-state index in [2.05, 4.69) is 21.2 Å². The Labute approximate surface area is 210 Å². The number of nitrogens with one attached hydrogen (secondary N) is 1. The van der Waals surface area contributed by atoms with Gasteiger partial charge in [-0.25, -0.2) is 4.79 Å². The molecule has 1 aliphatic rings. The lowest BCUT2D eigenvalue weighted by Gasteiger charge is -2.12. The first-order valence-electron chi connectivity index (χ1n) is 9.65. The number of rotatable bonds is 6. The van der Waals surface area contributed by atoms with E-state index in [1.54, 1.807) is 36.4 Å². The first kappa shape index (κ1) is 23.8. The Morgan fingerprint density at radius 2 is 1.85 bits per heavy atom. The summed E-state index contributed by atoms with van der Waals surface area (Å²) in [4.78, 5) is 49.5. The number of anilines is 1. The van der Waals surface area contributed by atoms with E-state index in [9.17, 15) is 24.3 Å². The molecule has 1 aromatic heterocycles. The number of nitrogens with zero attached hydrogens (tertiary/aromatic N) is 1. The molecular weight excluding hydrogens is 548 g/mol. The quantitative estimate of drug-likeness (QED) is 0.369. The van der Waals surface area contributed by atoms with Gasteiger partial charge in [0.25, 0.3) is 11.1 Å². The van der Waals surface area contributed by atoms with E-state index in [1.165, 1.54) is 24.3 Å². The predicted molar refractivity (Wildman–Crippen MR) is 132 cm³/mol. The molecule has 2 heterocycles. The maximum absolute atomic E-state index is 12.7. The average molecular weight is 562 g/mol. The largest absolute Gasteiger partial charge is 0.478 e. The topological polar surface area (TPSA) is 117 Å². The van der Waals surface area contributed by atoms with Crippen LogP contribution < -0.4 is 5.32 Å². The molecule has 8 nitrogen and oxygen atoms in total. The third kappa shape index (κ3) is 5.24. The zero-order valence-corrected chi connectivity index (χ0v) is 20.2. The van der Waals surface area contributed by atoms with Crippen LogP contribution in [0, 0.1) is 0 Å². The van der Waals surface area contributed by atoms with Crippen LogP contribution in [0.5, 0.6) is 0 Å². The van der Waals surface area contributed by atoms with E-state index in [0.717, 1.165) is 9.37 Å². The fourth-order valence-electron chi connectivity index (χ4n) is 3.07. The van der Waals surface area contributed by atoms with Gasteiger partial charge < -0.3 is 14.8 Å². The summed E-state index contributed by atoms with van der Waals surface area (Å²) in [6, 6.07) is 14.2. The lowest BCUT2D eigenvalue weighted by atomic mass is 10.1. The van der Waals surface area contributed by atoms with Crippen molar-refractivity contribution in [1.29, 1.82) is 0 Å². The molecule has 0 saturated carbocycles. The third-order valence-corrected chi connectivity index (χ3v) is 6.45. The molecule has 0 atom stereocenters. The Morgan fingerprint density at radius 1 is 1.12 bits per heavy atom. The van der Waals surface area contributed by atoms with E-state index >= 15 is 0 Å². The normalized spacial score (nSPS) is 14.6. The number of amides is 3. The van der Waals surface area contributed by atoms with Crippen LogP contribution in [-0.4, -0.2) is 39.6 Å². The average Bonchev–Trinajstić information content (AvgIpc) is 3.35. The van der Waals surface area contributed by atoms with Crippen molar-refractivity contribution in [1.82, 2.24) is 4.90 Å². The number of imide groups is 1. The highest BCUT2D eigenvalue weighted by atomic mass is 79.9. The molecule has 34 heavy (non-hydrogen) atoms. The molecule has 3 aromatic rings. The zero-order valence-electron chi connectivity index (χ0n) is 17.1. The van der Waals surface area contributed by atoms with Crippen molar-refractivity contribution in [3.05, 3.63) is 80.3 Å². The molecule has 0 radical (unpaired) electrons. The molecule has 0 unspecified atom stereocenters. The van der Waals surface area contributed by atoms with Crippen LogP contribution >= 0.6 is 39.3 Å². The van der Waals surface area contributed by atoms with Gasteiger partial charge in [0.2, 0.25) is 5.91 Å². The second-order valence-electron chi connectivity index (χ2n) is 7.02. The maximum Gasteiger partial charge on any atom is 0.335 e. The van der Waals surface area contributed by atoms with Gasteiger partial charge in [-0.2, -0.15) is 0 Å². The minimum atomic E-state index is -1.11. The fraction of sp³-hybridized carbons (Fsp3) is 0.0435. The molecule has 172 valence electrons. The Balaban J connectivity index is 1.48. The van der Waals surface area contributed by atoms with Crippen molar-refractivity contribution in [3.63, 3.8) is 0 Å². The van der Waals surface area contributed by atoms with Crippen molar-refractivity contribution in [2.24, 2.45) is 0 Å². The Kier molecular flexibility index (Phi) is 6.92. The first-order chi connectivity index (χ1) is 16.2. The standard InChI is InChI=1S/C23H14BrClN2O6S/c24-13-2-4-14(5-3-13)26-20(28)11-27-21(29)19(34-23(27)32)10-15-6-8-18(33-15)16-9-12(22(30)31)1-7-17(16)25/h1-10H,11H2,(H,26,28)(H,30,31)/b19-10-. The molecule has 0 aliphatic carbocycles. The van der Waals surface area contributed by atoms with E-state index in [4.69, 9.17) is 16.0 Å². The molecule has 0 bridgehead atoms. The summed E-state index contributed by atoms with van der Waals surface area (Å²) in [6.45, 7) is -0.431. The van der Waals surface area contributed by atoms with E-state index in [-0.39, 0.29) is 16.2 Å². The Hall–Kier alpha value is -3.34. The highest BCUT2D eigenvalue weighted by Crippen LogP contribution is 2.35. The van der Waals surface area contributed by atoms with Crippen LogP contribution in [0.1, 0.15) is 16.1 Å². The molecule has 1 aliphatic heterocycles. The lowest BCUT2D eigenvalue weighted by molar-refractivity contribution is -0.127. The van der Waals surface area contributed by atoms with Gasteiger partial charge in [-0.05, 0) is 66.4 Å². The summed E-state index contributed by atoms with van der Waals surface area (Å²) in [6.07, 6.45) is 1.38. The third-order valence-electron chi connectivity index (χ3n) is 4.68. The van der Waals surface area contributed by atoms with Gasteiger partial charge in [-0.1, -0.05) is 27.5 Å². The summed E-state index contributed by atoms with van der Waals surface area (Å²) >= 11 is 10.2. The monoisotopic (exact) mass is 560 g/mol. The molecule has 2 aromatic carbocycles.